The Bertz CT molecular complexity index is 760. The lowest BCUT2D eigenvalue weighted by Crippen LogP contribution is -2.38. The van der Waals surface area contributed by atoms with Gasteiger partial charge in [-0.2, -0.15) is 0 Å². The maximum absolute atomic E-state index is 12.0. The number of nitrogens with zero attached hydrogens (tertiary/aromatic N) is 1. The molecule has 4 aliphatic heterocycles. The zero-order chi connectivity index (χ0) is 24.6. The highest BCUT2D eigenvalue weighted by molar-refractivity contribution is 5.93. The number of carbonyl (C=O) groups excluding carboxylic acids is 3. The van der Waals surface area contributed by atoms with Crippen molar-refractivity contribution < 1.29 is 38.1 Å². The van der Waals surface area contributed by atoms with Gasteiger partial charge in [0.15, 0.2) is 11.6 Å². The Morgan fingerprint density at radius 2 is 1.52 bits per heavy atom. The van der Waals surface area contributed by atoms with E-state index < -0.39 is 23.3 Å². The molecule has 188 valence electrons. The smallest absolute Gasteiger partial charge is 0.417 e. The molecule has 3 amide bonds. The number of rotatable bonds is 2. The summed E-state index contributed by atoms with van der Waals surface area (Å²) in [5.74, 6) is -0.925. The zero-order valence-corrected chi connectivity index (χ0v) is 20.8. The summed E-state index contributed by atoms with van der Waals surface area (Å²) in [4.78, 5) is 36.1. The van der Waals surface area contributed by atoms with Crippen LogP contribution in [0, 0.1) is 11.8 Å². The van der Waals surface area contributed by atoms with Crippen LogP contribution in [0.15, 0.2) is 0 Å². The van der Waals surface area contributed by atoms with Crippen LogP contribution in [0.1, 0.15) is 61.3 Å². The number of nitrogens with one attached hydrogen (secondary N) is 1. The third-order valence-electron chi connectivity index (χ3n) is 5.89. The predicted octanol–water partition coefficient (Wildman–Crippen LogP) is 2.20. The number of ether oxygens (including phenoxy) is 5. The van der Waals surface area contributed by atoms with E-state index >= 15 is 0 Å². The molecule has 0 aromatic heterocycles. The van der Waals surface area contributed by atoms with Gasteiger partial charge in [-0.25, -0.2) is 9.69 Å². The molecular formula is C23H38N2O8. The van der Waals surface area contributed by atoms with Crippen molar-refractivity contribution in [3.8, 4) is 0 Å². The molecule has 0 bridgehead atoms. The van der Waals surface area contributed by atoms with Crippen molar-refractivity contribution in [1.29, 1.82) is 0 Å². The number of likely N-dealkylation sites (tertiary alicyclic amines) is 1. The average molecular weight is 471 g/mol. The summed E-state index contributed by atoms with van der Waals surface area (Å²) in [6.07, 6.45) is 0.214. The fraction of sp³-hybridized carbons (Fsp3) is 0.870. The van der Waals surface area contributed by atoms with Gasteiger partial charge < -0.3 is 29.0 Å². The summed E-state index contributed by atoms with van der Waals surface area (Å²) in [6.45, 7) is 14.9. The third-order valence-corrected chi connectivity index (χ3v) is 5.89. The predicted molar refractivity (Wildman–Crippen MR) is 117 cm³/mol. The second-order valence-corrected chi connectivity index (χ2v) is 11.0. The molecule has 10 nitrogen and oxygen atoms in total. The lowest BCUT2D eigenvalue weighted by Gasteiger charge is -2.24. The van der Waals surface area contributed by atoms with E-state index in [1.54, 1.807) is 20.8 Å². The second kappa shape index (κ2) is 9.48. The second-order valence-electron chi connectivity index (χ2n) is 11.0. The Morgan fingerprint density at radius 1 is 0.970 bits per heavy atom. The van der Waals surface area contributed by atoms with Gasteiger partial charge in [0.25, 0.3) is 0 Å². The SMILES string of the molecule is CC(C)(C)OC(=O)N1C[C@@H]([C@H]2COC(C)(C)O2)CC1=O.CC1(C)OC[C@H]([C@@H]2CNC(=O)C2)O1. The van der Waals surface area contributed by atoms with Crippen molar-refractivity contribution in [3.05, 3.63) is 0 Å². The number of amides is 3. The van der Waals surface area contributed by atoms with Gasteiger partial charge in [0.2, 0.25) is 11.8 Å². The van der Waals surface area contributed by atoms with Gasteiger partial charge in [-0.05, 0) is 48.5 Å². The lowest BCUT2D eigenvalue weighted by atomic mass is 10.0. The highest BCUT2D eigenvalue weighted by Crippen LogP contribution is 2.32. The molecule has 0 aromatic rings. The lowest BCUT2D eigenvalue weighted by molar-refractivity contribution is -0.144. The van der Waals surface area contributed by atoms with Gasteiger partial charge in [-0.1, -0.05) is 0 Å². The number of hydrogen-bond acceptors (Lipinski definition) is 8. The highest BCUT2D eigenvalue weighted by atomic mass is 16.7. The molecule has 0 aliphatic carbocycles. The van der Waals surface area contributed by atoms with E-state index in [-0.39, 0.29) is 35.9 Å². The van der Waals surface area contributed by atoms with Crippen molar-refractivity contribution in [2.24, 2.45) is 11.8 Å². The van der Waals surface area contributed by atoms with Crippen LogP contribution in [-0.4, -0.2) is 78.5 Å². The first kappa shape index (κ1) is 25.9. The first-order valence-electron chi connectivity index (χ1n) is 11.6. The van der Waals surface area contributed by atoms with E-state index in [2.05, 4.69) is 5.32 Å². The number of imide groups is 1. The Morgan fingerprint density at radius 3 is 1.94 bits per heavy atom. The molecule has 4 rings (SSSR count). The summed E-state index contributed by atoms with van der Waals surface area (Å²) >= 11 is 0. The van der Waals surface area contributed by atoms with Crippen LogP contribution in [0.3, 0.4) is 0 Å². The normalized spacial score (nSPS) is 33.0. The van der Waals surface area contributed by atoms with Gasteiger partial charge in [-0.3, -0.25) is 9.59 Å². The van der Waals surface area contributed by atoms with Crippen molar-refractivity contribution in [2.45, 2.75) is 90.7 Å². The first-order valence-corrected chi connectivity index (χ1v) is 11.6. The Kier molecular flexibility index (Phi) is 7.43. The molecule has 10 heteroatoms. The molecule has 4 atom stereocenters. The van der Waals surface area contributed by atoms with E-state index in [1.807, 2.05) is 27.7 Å². The minimum atomic E-state index is -0.618. The summed E-state index contributed by atoms with van der Waals surface area (Å²) < 4.78 is 27.6. The van der Waals surface area contributed by atoms with E-state index in [4.69, 9.17) is 23.7 Å². The topological polar surface area (TPSA) is 113 Å². The summed E-state index contributed by atoms with van der Waals surface area (Å²) in [6, 6.07) is 0. The minimum absolute atomic E-state index is 0.0307. The molecule has 1 N–H and O–H groups in total. The van der Waals surface area contributed by atoms with Crippen LogP contribution in [0.5, 0.6) is 0 Å². The number of hydrogen-bond donors (Lipinski definition) is 1. The van der Waals surface area contributed by atoms with Crippen LogP contribution in [0.25, 0.3) is 0 Å². The molecular weight excluding hydrogens is 432 g/mol. The monoisotopic (exact) mass is 470 g/mol. The fourth-order valence-electron chi connectivity index (χ4n) is 4.26. The molecule has 0 spiro atoms. The van der Waals surface area contributed by atoms with Gasteiger partial charge in [-0.15, -0.1) is 0 Å². The average Bonchev–Trinajstić information content (AvgIpc) is 3.41. The molecule has 4 saturated heterocycles. The third kappa shape index (κ3) is 7.11. The largest absolute Gasteiger partial charge is 0.443 e. The van der Waals surface area contributed by atoms with Crippen LogP contribution in [0.4, 0.5) is 4.79 Å². The van der Waals surface area contributed by atoms with Crippen LogP contribution < -0.4 is 5.32 Å². The van der Waals surface area contributed by atoms with Gasteiger partial charge in [0.05, 0.1) is 25.4 Å². The molecule has 0 unspecified atom stereocenters. The van der Waals surface area contributed by atoms with Gasteiger partial charge >= 0.3 is 6.09 Å². The Hall–Kier alpha value is -1.75. The minimum Gasteiger partial charge on any atom is -0.443 e. The Balaban J connectivity index is 0.000000203. The highest BCUT2D eigenvalue weighted by Gasteiger charge is 2.45. The molecule has 33 heavy (non-hydrogen) atoms. The van der Waals surface area contributed by atoms with Crippen LogP contribution in [0.2, 0.25) is 0 Å². The molecule has 0 aromatic carbocycles. The fourth-order valence-corrected chi connectivity index (χ4v) is 4.26. The molecule has 4 heterocycles. The number of carbonyl (C=O) groups is 3. The van der Waals surface area contributed by atoms with E-state index in [1.165, 1.54) is 4.90 Å². The summed E-state index contributed by atoms with van der Waals surface area (Å²) in [5.41, 5.74) is -0.607. The molecule has 4 aliphatic rings. The van der Waals surface area contributed by atoms with Crippen molar-refractivity contribution in [2.75, 3.05) is 26.3 Å². The van der Waals surface area contributed by atoms with Gasteiger partial charge in [0, 0.05) is 37.8 Å². The zero-order valence-electron chi connectivity index (χ0n) is 20.8. The summed E-state index contributed by atoms with van der Waals surface area (Å²) in [5, 5.41) is 2.80. The standard InChI is InChI=1S/C14H23NO5.C9H15NO3/c1-13(2,3)20-12(17)15-7-9(6-11(15)16)10-8-18-14(4,5)19-10;1-9(2)12-5-7(13-9)6-3-8(11)10-4-6/h9-10H,6-8H2,1-5H3;6-7H,3-5H2,1-2H3,(H,10,11)/t9-,10+;6-,7+/m00/s1. The first-order chi connectivity index (χ1) is 15.1. The molecule has 4 fully saturated rings. The van der Waals surface area contributed by atoms with Crippen molar-refractivity contribution in [3.63, 3.8) is 0 Å². The molecule has 0 saturated carbocycles. The Labute approximate surface area is 195 Å². The van der Waals surface area contributed by atoms with Gasteiger partial charge in [0.1, 0.15) is 5.60 Å². The van der Waals surface area contributed by atoms with E-state index in [0.717, 1.165) is 6.54 Å². The van der Waals surface area contributed by atoms with Crippen molar-refractivity contribution in [1.82, 2.24) is 10.2 Å². The maximum Gasteiger partial charge on any atom is 0.417 e. The molecule has 0 radical (unpaired) electrons. The van der Waals surface area contributed by atoms with Crippen LogP contribution >= 0.6 is 0 Å². The van der Waals surface area contributed by atoms with E-state index in [0.29, 0.717) is 32.6 Å². The van der Waals surface area contributed by atoms with Crippen LogP contribution in [-0.2, 0) is 33.3 Å². The van der Waals surface area contributed by atoms with E-state index in [9.17, 15) is 14.4 Å². The maximum atomic E-state index is 12.0. The van der Waals surface area contributed by atoms with Crippen molar-refractivity contribution >= 4 is 17.9 Å². The quantitative estimate of drug-likeness (QED) is 0.654. The summed E-state index contributed by atoms with van der Waals surface area (Å²) in [7, 11) is 0.